The van der Waals surface area contributed by atoms with Gasteiger partial charge in [0.05, 0.1) is 24.1 Å². The number of hydrogen-bond acceptors (Lipinski definition) is 5. The molecule has 1 aromatic heterocycles. The molecular weight excluding hydrogens is 350 g/mol. The van der Waals surface area contributed by atoms with Crippen LogP contribution < -0.4 is 16.0 Å². The SMILES string of the molecule is CCOCCCNC(=O)C(=O)Nc1ccccc1C(=O)NCc1ccco1. The van der Waals surface area contributed by atoms with Crippen molar-refractivity contribution in [2.75, 3.05) is 25.1 Å². The van der Waals surface area contributed by atoms with E-state index in [0.29, 0.717) is 31.9 Å². The molecule has 3 amide bonds. The van der Waals surface area contributed by atoms with Crippen LogP contribution in [0.15, 0.2) is 47.1 Å². The van der Waals surface area contributed by atoms with Gasteiger partial charge in [0.25, 0.3) is 5.91 Å². The molecule has 0 bridgehead atoms. The van der Waals surface area contributed by atoms with E-state index in [9.17, 15) is 14.4 Å². The smallest absolute Gasteiger partial charge is 0.313 e. The maximum atomic E-state index is 12.4. The highest BCUT2D eigenvalue weighted by atomic mass is 16.5. The topological polar surface area (TPSA) is 110 Å². The molecular formula is C19H23N3O5. The number of rotatable bonds is 9. The summed E-state index contributed by atoms with van der Waals surface area (Å²) in [4.78, 5) is 36.3. The second-order valence-corrected chi connectivity index (χ2v) is 5.57. The Morgan fingerprint density at radius 2 is 1.85 bits per heavy atom. The van der Waals surface area contributed by atoms with Gasteiger partial charge >= 0.3 is 11.8 Å². The Kier molecular flexibility index (Phi) is 8.05. The first-order valence-electron chi connectivity index (χ1n) is 8.68. The van der Waals surface area contributed by atoms with Crippen molar-refractivity contribution in [2.24, 2.45) is 0 Å². The zero-order valence-corrected chi connectivity index (χ0v) is 15.1. The third kappa shape index (κ3) is 6.59. The monoisotopic (exact) mass is 373 g/mol. The van der Waals surface area contributed by atoms with Crippen LogP contribution >= 0.6 is 0 Å². The number of carbonyl (C=O) groups excluding carboxylic acids is 3. The third-order valence-corrected chi connectivity index (χ3v) is 3.58. The lowest BCUT2D eigenvalue weighted by atomic mass is 10.1. The van der Waals surface area contributed by atoms with E-state index < -0.39 is 11.8 Å². The molecule has 1 aromatic carbocycles. The van der Waals surface area contributed by atoms with Crippen LogP contribution in [0, 0.1) is 0 Å². The number of benzene rings is 1. The molecule has 8 heteroatoms. The number of amides is 3. The number of anilines is 1. The number of ether oxygens (including phenoxy) is 1. The second-order valence-electron chi connectivity index (χ2n) is 5.57. The molecule has 0 saturated carbocycles. The van der Waals surface area contributed by atoms with Crippen molar-refractivity contribution in [1.29, 1.82) is 0 Å². The van der Waals surface area contributed by atoms with Gasteiger partial charge in [0.15, 0.2) is 0 Å². The fourth-order valence-electron chi connectivity index (χ4n) is 2.25. The summed E-state index contributed by atoms with van der Waals surface area (Å²) in [5, 5.41) is 7.68. The Balaban J connectivity index is 1.89. The lowest BCUT2D eigenvalue weighted by molar-refractivity contribution is -0.136. The third-order valence-electron chi connectivity index (χ3n) is 3.58. The lowest BCUT2D eigenvalue weighted by Gasteiger charge is -2.11. The second kappa shape index (κ2) is 10.8. The molecule has 144 valence electrons. The highest BCUT2D eigenvalue weighted by Crippen LogP contribution is 2.15. The van der Waals surface area contributed by atoms with E-state index in [4.69, 9.17) is 9.15 Å². The van der Waals surface area contributed by atoms with Crippen molar-refractivity contribution >= 4 is 23.4 Å². The molecule has 2 rings (SSSR count). The van der Waals surface area contributed by atoms with Gasteiger partial charge in [-0.3, -0.25) is 14.4 Å². The summed E-state index contributed by atoms with van der Waals surface area (Å²) in [5.41, 5.74) is 0.505. The predicted octanol–water partition coefficient (Wildman–Crippen LogP) is 1.69. The van der Waals surface area contributed by atoms with E-state index in [-0.39, 0.29) is 23.7 Å². The van der Waals surface area contributed by atoms with E-state index in [1.807, 2.05) is 6.92 Å². The van der Waals surface area contributed by atoms with Crippen LogP contribution in [0.4, 0.5) is 5.69 Å². The van der Waals surface area contributed by atoms with Crippen LogP contribution in [0.2, 0.25) is 0 Å². The van der Waals surface area contributed by atoms with Crippen LogP contribution in [0.1, 0.15) is 29.5 Å². The maximum Gasteiger partial charge on any atom is 0.313 e. The number of carbonyl (C=O) groups is 3. The number of nitrogens with one attached hydrogen (secondary N) is 3. The molecule has 2 aromatic rings. The van der Waals surface area contributed by atoms with Crippen LogP contribution in [-0.2, 0) is 20.9 Å². The first kappa shape index (κ1) is 20.2. The van der Waals surface area contributed by atoms with Gasteiger partial charge in [0.1, 0.15) is 5.76 Å². The minimum Gasteiger partial charge on any atom is -0.467 e. The van der Waals surface area contributed by atoms with Gasteiger partial charge in [-0.25, -0.2) is 0 Å². The van der Waals surface area contributed by atoms with Gasteiger partial charge in [0.2, 0.25) is 0 Å². The van der Waals surface area contributed by atoms with Crippen molar-refractivity contribution in [3.63, 3.8) is 0 Å². The van der Waals surface area contributed by atoms with E-state index in [1.165, 1.54) is 6.26 Å². The summed E-state index contributed by atoms with van der Waals surface area (Å²) in [5.74, 6) is -1.38. The van der Waals surface area contributed by atoms with Crippen LogP contribution in [0.25, 0.3) is 0 Å². The Morgan fingerprint density at radius 3 is 2.59 bits per heavy atom. The summed E-state index contributed by atoms with van der Waals surface area (Å²) in [6.07, 6.45) is 2.13. The predicted molar refractivity (Wildman–Crippen MR) is 99.1 cm³/mol. The van der Waals surface area contributed by atoms with E-state index in [2.05, 4.69) is 16.0 Å². The zero-order chi connectivity index (χ0) is 19.5. The molecule has 0 unspecified atom stereocenters. The van der Waals surface area contributed by atoms with Crippen molar-refractivity contribution in [2.45, 2.75) is 19.9 Å². The molecule has 0 aliphatic carbocycles. The van der Waals surface area contributed by atoms with Crippen molar-refractivity contribution in [3.8, 4) is 0 Å². The van der Waals surface area contributed by atoms with Crippen molar-refractivity contribution in [1.82, 2.24) is 10.6 Å². The van der Waals surface area contributed by atoms with Crippen molar-refractivity contribution in [3.05, 3.63) is 54.0 Å². The van der Waals surface area contributed by atoms with E-state index >= 15 is 0 Å². The fourth-order valence-corrected chi connectivity index (χ4v) is 2.25. The van der Waals surface area contributed by atoms with Crippen LogP contribution in [-0.4, -0.2) is 37.5 Å². The number of hydrogen-bond donors (Lipinski definition) is 3. The van der Waals surface area contributed by atoms with Gasteiger partial charge in [-0.05, 0) is 37.6 Å². The number of para-hydroxylation sites is 1. The lowest BCUT2D eigenvalue weighted by Crippen LogP contribution is -2.36. The standard InChI is InChI=1S/C19H23N3O5/c1-2-26-11-6-10-20-18(24)19(25)22-16-9-4-3-8-15(16)17(23)21-13-14-7-5-12-27-14/h3-5,7-9,12H,2,6,10-11,13H2,1H3,(H,20,24)(H,21,23)(H,22,25). The molecule has 0 spiro atoms. The van der Waals surface area contributed by atoms with Crippen LogP contribution in [0.5, 0.6) is 0 Å². The van der Waals surface area contributed by atoms with Gasteiger partial charge in [-0.15, -0.1) is 0 Å². The fraction of sp³-hybridized carbons (Fsp3) is 0.316. The maximum absolute atomic E-state index is 12.4. The highest BCUT2D eigenvalue weighted by molar-refractivity contribution is 6.40. The molecule has 27 heavy (non-hydrogen) atoms. The van der Waals surface area contributed by atoms with E-state index in [0.717, 1.165) is 0 Å². The quantitative estimate of drug-likeness (QED) is 0.458. The van der Waals surface area contributed by atoms with E-state index in [1.54, 1.807) is 36.4 Å². The number of furan rings is 1. The molecule has 0 aliphatic rings. The van der Waals surface area contributed by atoms with Gasteiger partial charge < -0.3 is 25.1 Å². The Bertz CT molecular complexity index is 758. The molecule has 1 heterocycles. The summed E-state index contributed by atoms with van der Waals surface area (Å²) < 4.78 is 10.3. The molecule has 3 N–H and O–H groups in total. The molecule has 0 radical (unpaired) electrons. The summed E-state index contributed by atoms with van der Waals surface area (Å²) in [6.45, 7) is 3.55. The molecule has 8 nitrogen and oxygen atoms in total. The van der Waals surface area contributed by atoms with Gasteiger partial charge in [-0.2, -0.15) is 0 Å². The summed E-state index contributed by atoms with van der Waals surface area (Å²) >= 11 is 0. The average Bonchev–Trinajstić information content (AvgIpc) is 3.19. The molecule has 0 fully saturated rings. The highest BCUT2D eigenvalue weighted by Gasteiger charge is 2.17. The van der Waals surface area contributed by atoms with Crippen LogP contribution in [0.3, 0.4) is 0 Å². The summed E-state index contributed by atoms with van der Waals surface area (Å²) in [7, 11) is 0. The minimum atomic E-state index is -0.835. The van der Waals surface area contributed by atoms with Crippen molar-refractivity contribution < 1.29 is 23.5 Å². The normalized spacial score (nSPS) is 10.3. The average molecular weight is 373 g/mol. The Hall–Kier alpha value is -3.13. The molecule has 0 saturated heterocycles. The van der Waals surface area contributed by atoms with Gasteiger partial charge in [-0.1, -0.05) is 12.1 Å². The summed E-state index contributed by atoms with van der Waals surface area (Å²) in [6, 6.07) is 9.92. The van der Waals surface area contributed by atoms with Gasteiger partial charge in [0, 0.05) is 19.8 Å². The minimum absolute atomic E-state index is 0.217. The largest absolute Gasteiger partial charge is 0.467 e. The molecule has 0 atom stereocenters. The Labute approximate surface area is 157 Å². The first-order valence-corrected chi connectivity index (χ1v) is 8.68. The zero-order valence-electron chi connectivity index (χ0n) is 15.1. The Morgan fingerprint density at radius 1 is 1.04 bits per heavy atom. The first-order chi connectivity index (χ1) is 13.1. The molecule has 0 aliphatic heterocycles.